The second kappa shape index (κ2) is 7.81. The molecule has 1 N–H and O–H groups in total. The van der Waals surface area contributed by atoms with E-state index in [2.05, 4.69) is 15.1 Å². The molecule has 0 aliphatic carbocycles. The van der Waals surface area contributed by atoms with Gasteiger partial charge in [-0.15, -0.1) is 0 Å². The van der Waals surface area contributed by atoms with E-state index in [1.807, 2.05) is 25.1 Å². The summed E-state index contributed by atoms with van der Waals surface area (Å²) in [5, 5.41) is 3.30. The summed E-state index contributed by atoms with van der Waals surface area (Å²) in [6.45, 7) is 2.44. The Labute approximate surface area is 164 Å². The standard InChI is InChI=1S/C19H18N4O4S/c1-12-5-6-13(15(10-12)25-2)27-8-9-28-19-21-18(14-4-3-7-26-14)20-16-11-17(24)22-23(16)19/h3-7,10-11H,8-9H2,1-2H3,(H,22,24). The number of benzene rings is 1. The minimum absolute atomic E-state index is 0.242. The number of H-pyrrole nitrogens is 1. The Hall–Kier alpha value is -3.20. The highest BCUT2D eigenvalue weighted by molar-refractivity contribution is 7.99. The highest BCUT2D eigenvalue weighted by atomic mass is 32.2. The largest absolute Gasteiger partial charge is 0.493 e. The van der Waals surface area contributed by atoms with E-state index in [0.717, 1.165) is 5.56 Å². The van der Waals surface area contributed by atoms with Gasteiger partial charge < -0.3 is 13.9 Å². The minimum atomic E-state index is -0.242. The van der Waals surface area contributed by atoms with Crippen molar-refractivity contribution in [3.05, 3.63) is 58.6 Å². The van der Waals surface area contributed by atoms with Crippen LogP contribution >= 0.6 is 11.8 Å². The zero-order chi connectivity index (χ0) is 19.5. The van der Waals surface area contributed by atoms with Gasteiger partial charge in [-0.25, -0.2) is 9.50 Å². The molecule has 0 fully saturated rings. The second-order valence-corrected chi connectivity index (χ2v) is 7.03. The summed E-state index contributed by atoms with van der Waals surface area (Å²) >= 11 is 1.44. The van der Waals surface area contributed by atoms with Gasteiger partial charge in [0.05, 0.1) is 20.0 Å². The smallest absolute Gasteiger partial charge is 0.266 e. The highest BCUT2D eigenvalue weighted by Gasteiger charge is 2.13. The van der Waals surface area contributed by atoms with Crippen LogP contribution in [0, 0.1) is 6.92 Å². The Morgan fingerprint density at radius 3 is 2.89 bits per heavy atom. The molecule has 3 aromatic heterocycles. The first-order chi connectivity index (χ1) is 13.6. The number of aryl methyl sites for hydroxylation is 1. The number of hydrogen-bond acceptors (Lipinski definition) is 7. The van der Waals surface area contributed by atoms with Crippen molar-refractivity contribution in [2.24, 2.45) is 0 Å². The quantitative estimate of drug-likeness (QED) is 0.377. The van der Waals surface area contributed by atoms with Crippen LogP contribution in [0.4, 0.5) is 0 Å². The SMILES string of the molecule is COc1cc(C)ccc1OCCSc1nc(-c2ccco2)nc2cc(=O)[nH]n12. The van der Waals surface area contributed by atoms with Gasteiger partial charge in [-0.3, -0.25) is 9.89 Å². The van der Waals surface area contributed by atoms with E-state index in [1.54, 1.807) is 30.0 Å². The Kier molecular flexibility index (Phi) is 5.07. The molecule has 0 saturated carbocycles. The number of thioether (sulfide) groups is 1. The topological polar surface area (TPSA) is 94.7 Å². The molecular formula is C19H18N4O4S. The predicted molar refractivity (Wildman–Crippen MR) is 105 cm³/mol. The van der Waals surface area contributed by atoms with E-state index >= 15 is 0 Å². The monoisotopic (exact) mass is 398 g/mol. The lowest BCUT2D eigenvalue weighted by molar-refractivity contribution is 0.313. The fraction of sp³-hybridized carbons (Fsp3) is 0.211. The van der Waals surface area contributed by atoms with Gasteiger partial charge in [0, 0.05) is 11.8 Å². The van der Waals surface area contributed by atoms with E-state index in [4.69, 9.17) is 13.9 Å². The third-order valence-corrected chi connectivity index (χ3v) is 4.86. The van der Waals surface area contributed by atoms with Gasteiger partial charge in [-0.1, -0.05) is 17.8 Å². The van der Waals surface area contributed by atoms with Crippen LogP contribution < -0.4 is 15.0 Å². The molecule has 4 rings (SSSR count). The van der Waals surface area contributed by atoms with E-state index < -0.39 is 0 Å². The molecule has 1 aromatic carbocycles. The number of nitrogens with zero attached hydrogens (tertiary/aromatic N) is 3. The van der Waals surface area contributed by atoms with Crippen LogP contribution in [-0.2, 0) is 0 Å². The zero-order valence-electron chi connectivity index (χ0n) is 15.3. The Balaban J connectivity index is 1.51. The Morgan fingerprint density at radius 1 is 1.21 bits per heavy atom. The number of rotatable bonds is 7. The first kappa shape index (κ1) is 18.2. The maximum Gasteiger partial charge on any atom is 0.266 e. The maximum atomic E-state index is 11.7. The maximum absolute atomic E-state index is 11.7. The summed E-state index contributed by atoms with van der Waals surface area (Å²) in [5.74, 6) is 2.96. The molecule has 0 unspecified atom stereocenters. The summed E-state index contributed by atoms with van der Waals surface area (Å²) in [5.41, 5.74) is 1.34. The fourth-order valence-corrected chi connectivity index (χ4v) is 3.44. The van der Waals surface area contributed by atoms with Crippen molar-refractivity contribution in [2.75, 3.05) is 19.5 Å². The molecular weight excluding hydrogens is 380 g/mol. The molecule has 4 aromatic rings. The van der Waals surface area contributed by atoms with Crippen LogP contribution in [0.5, 0.6) is 11.5 Å². The van der Waals surface area contributed by atoms with Crippen molar-refractivity contribution in [2.45, 2.75) is 12.1 Å². The molecule has 0 aliphatic rings. The number of fused-ring (bicyclic) bond motifs is 1. The molecule has 144 valence electrons. The van der Waals surface area contributed by atoms with Crippen molar-refractivity contribution < 1.29 is 13.9 Å². The first-order valence-corrected chi connectivity index (χ1v) is 9.56. The van der Waals surface area contributed by atoms with Gasteiger partial charge in [-0.05, 0) is 36.8 Å². The van der Waals surface area contributed by atoms with E-state index in [0.29, 0.717) is 46.2 Å². The third kappa shape index (κ3) is 3.74. The number of methoxy groups -OCH3 is 1. The highest BCUT2D eigenvalue weighted by Crippen LogP contribution is 2.28. The van der Waals surface area contributed by atoms with Crippen LogP contribution in [0.1, 0.15) is 5.56 Å². The number of nitrogens with one attached hydrogen (secondary N) is 1. The lowest BCUT2D eigenvalue weighted by Gasteiger charge is -2.11. The Morgan fingerprint density at radius 2 is 2.11 bits per heavy atom. The molecule has 0 atom stereocenters. The van der Waals surface area contributed by atoms with Gasteiger partial charge in [0.2, 0.25) is 0 Å². The summed E-state index contributed by atoms with van der Waals surface area (Å²) in [4.78, 5) is 20.6. The van der Waals surface area contributed by atoms with Crippen molar-refractivity contribution in [3.8, 4) is 23.1 Å². The summed E-state index contributed by atoms with van der Waals surface area (Å²) in [6.07, 6.45) is 1.56. The van der Waals surface area contributed by atoms with Gasteiger partial charge in [0.15, 0.2) is 33.9 Å². The van der Waals surface area contributed by atoms with Gasteiger partial charge in [0.25, 0.3) is 5.56 Å². The van der Waals surface area contributed by atoms with Crippen LogP contribution in [0.25, 0.3) is 17.2 Å². The summed E-state index contributed by atoms with van der Waals surface area (Å²) < 4.78 is 18.1. The van der Waals surface area contributed by atoms with E-state index in [1.165, 1.54) is 17.8 Å². The Bertz CT molecular complexity index is 1150. The molecule has 0 aliphatic heterocycles. The molecule has 28 heavy (non-hydrogen) atoms. The molecule has 0 radical (unpaired) electrons. The van der Waals surface area contributed by atoms with E-state index in [-0.39, 0.29) is 5.56 Å². The molecule has 3 heterocycles. The normalized spacial score (nSPS) is 11.1. The number of furan rings is 1. The predicted octanol–water partition coefficient (Wildman–Crippen LogP) is 3.17. The van der Waals surface area contributed by atoms with Crippen LogP contribution in [0.3, 0.4) is 0 Å². The van der Waals surface area contributed by atoms with Gasteiger partial charge >= 0.3 is 0 Å². The lowest BCUT2D eigenvalue weighted by Crippen LogP contribution is -2.07. The zero-order valence-corrected chi connectivity index (χ0v) is 16.2. The van der Waals surface area contributed by atoms with Gasteiger partial charge in [0.1, 0.15) is 0 Å². The van der Waals surface area contributed by atoms with Crippen molar-refractivity contribution >= 4 is 17.4 Å². The average molecular weight is 398 g/mol. The van der Waals surface area contributed by atoms with Crippen LogP contribution in [0.15, 0.2) is 57.0 Å². The van der Waals surface area contributed by atoms with Crippen molar-refractivity contribution in [1.82, 2.24) is 19.6 Å². The van der Waals surface area contributed by atoms with Crippen molar-refractivity contribution in [1.29, 1.82) is 0 Å². The minimum Gasteiger partial charge on any atom is -0.493 e. The molecule has 0 spiro atoms. The number of ether oxygens (including phenoxy) is 2. The van der Waals surface area contributed by atoms with Crippen molar-refractivity contribution in [3.63, 3.8) is 0 Å². The number of aromatic amines is 1. The van der Waals surface area contributed by atoms with Crippen LogP contribution in [0.2, 0.25) is 0 Å². The van der Waals surface area contributed by atoms with Crippen LogP contribution in [-0.4, -0.2) is 39.1 Å². The average Bonchev–Trinajstić information content (AvgIpc) is 3.34. The second-order valence-electron chi connectivity index (χ2n) is 5.97. The summed E-state index contributed by atoms with van der Waals surface area (Å²) in [7, 11) is 1.62. The molecule has 9 heteroatoms. The number of hydrogen-bond donors (Lipinski definition) is 1. The molecule has 8 nitrogen and oxygen atoms in total. The lowest BCUT2D eigenvalue weighted by atomic mass is 10.2. The van der Waals surface area contributed by atoms with E-state index in [9.17, 15) is 4.79 Å². The molecule has 0 bridgehead atoms. The fourth-order valence-electron chi connectivity index (χ4n) is 2.68. The summed E-state index contributed by atoms with van der Waals surface area (Å²) in [6, 6.07) is 10.8. The number of aromatic nitrogens is 4. The van der Waals surface area contributed by atoms with Gasteiger partial charge in [-0.2, -0.15) is 4.98 Å². The molecule has 0 saturated heterocycles. The molecule has 0 amide bonds. The first-order valence-electron chi connectivity index (χ1n) is 8.58. The third-order valence-electron chi connectivity index (χ3n) is 3.96.